The van der Waals surface area contributed by atoms with Crippen LogP contribution in [0.1, 0.15) is 55.2 Å². The van der Waals surface area contributed by atoms with Gasteiger partial charge in [-0.3, -0.25) is 0 Å². The van der Waals surface area contributed by atoms with Gasteiger partial charge >= 0.3 is 0 Å². The molecule has 2 aliphatic rings. The third-order valence-electron chi connectivity index (χ3n) is 6.89. The van der Waals surface area contributed by atoms with Gasteiger partial charge in [-0.15, -0.1) is 0 Å². The number of piperidine rings is 1. The van der Waals surface area contributed by atoms with Crippen LogP contribution < -0.4 is 5.32 Å². The monoisotopic (exact) mass is 414 g/mol. The molecule has 0 aromatic heterocycles. The summed E-state index contributed by atoms with van der Waals surface area (Å²) >= 11 is 6.44. The number of halogens is 2. The first-order chi connectivity index (χ1) is 14.0. The molecule has 156 valence electrons. The number of nitrogens with zero attached hydrogens (tertiary/aromatic N) is 1. The molecule has 0 amide bonds. The van der Waals surface area contributed by atoms with E-state index in [1.807, 2.05) is 6.07 Å². The molecular weight excluding hydrogens is 383 g/mol. The highest BCUT2D eigenvalue weighted by molar-refractivity contribution is 6.31. The van der Waals surface area contributed by atoms with E-state index >= 15 is 0 Å². The maximum absolute atomic E-state index is 13.6. The van der Waals surface area contributed by atoms with Crippen molar-refractivity contribution in [1.29, 1.82) is 0 Å². The lowest BCUT2D eigenvalue weighted by atomic mass is 9.87. The first kappa shape index (κ1) is 20.8. The summed E-state index contributed by atoms with van der Waals surface area (Å²) in [7, 11) is 2.22. The Kier molecular flexibility index (Phi) is 6.58. The molecular formula is C25H32ClFN2. The topological polar surface area (TPSA) is 15.3 Å². The lowest BCUT2D eigenvalue weighted by Gasteiger charge is -2.32. The van der Waals surface area contributed by atoms with Crippen LogP contribution in [0, 0.1) is 11.7 Å². The largest absolute Gasteiger partial charge is 0.306 e. The number of likely N-dealkylation sites (tertiary alicyclic amines) is 1. The fraction of sp³-hybridized carbons (Fsp3) is 0.520. The predicted molar refractivity (Wildman–Crippen MR) is 119 cm³/mol. The van der Waals surface area contributed by atoms with Crippen molar-refractivity contribution in [2.75, 3.05) is 20.1 Å². The summed E-state index contributed by atoms with van der Waals surface area (Å²) in [6.45, 7) is 3.24. The van der Waals surface area contributed by atoms with E-state index in [1.165, 1.54) is 68.5 Å². The van der Waals surface area contributed by atoms with Gasteiger partial charge in [-0.25, -0.2) is 4.39 Å². The molecule has 2 fully saturated rings. The Balaban J connectivity index is 1.44. The number of nitrogens with one attached hydrogen (secondary N) is 1. The molecule has 0 atom stereocenters. The summed E-state index contributed by atoms with van der Waals surface area (Å²) in [5.41, 5.74) is 3.66. The quantitative estimate of drug-likeness (QED) is 0.630. The third-order valence-corrected chi connectivity index (χ3v) is 7.20. The average molecular weight is 415 g/mol. The summed E-state index contributed by atoms with van der Waals surface area (Å²) in [5.74, 6) is 0.530. The fourth-order valence-corrected chi connectivity index (χ4v) is 5.48. The number of hydrogen-bond donors (Lipinski definition) is 1. The molecule has 0 unspecified atom stereocenters. The maximum Gasteiger partial charge on any atom is 0.124 e. The molecule has 1 saturated carbocycles. The molecule has 1 heterocycles. The van der Waals surface area contributed by atoms with Gasteiger partial charge in [0.2, 0.25) is 0 Å². The highest BCUT2D eigenvalue weighted by Gasteiger charge is 2.36. The van der Waals surface area contributed by atoms with Crippen molar-refractivity contribution < 1.29 is 4.39 Å². The highest BCUT2D eigenvalue weighted by atomic mass is 35.5. The molecule has 0 radical (unpaired) electrons. The summed E-state index contributed by atoms with van der Waals surface area (Å²) in [5, 5.41) is 4.35. The van der Waals surface area contributed by atoms with Crippen molar-refractivity contribution in [2.45, 2.75) is 57.0 Å². The minimum atomic E-state index is -0.270. The molecule has 2 aromatic rings. The van der Waals surface area contributed by atoms with Gasteiger partial charge in [-0.2, -0.15) is 0 Å². The van der Waals surface area contributed by atoms with E-state index in [9.17, 15) is 4.39 Å². The van der Waals surface area contributed by atoms with Gasteiger partial charge in [-0.1, -0.05) is 54.8 Å². The Labute approximate surface area is 179 Å². The van der Waals surface area contributed by atoms with E-state index in [0.29, 0.717) is 5.02 Å². The van der Waals surface area contributed by atoms with Gasteiger partial charge in [0.1, 0.15) is 5.82 Å². The normalized spacial score (nSPS) is 20.2. The first-order valence-corrected chi connectivity index (χ1v) is 11.4. The first-order valence-electron chi connectivity index (χ1n) is 11.0. The van der Waals surface area contributed by atoms with Crippen molar-refractivity contribution >= 4 is 11.6 Å². The van der Waals surface area contributed by atoms with Crippen molar-refractivity contribution in [1.82, 2.24) is 10.2 Å². The molecule has 29 heavy (non-hydrogen) atoms. The van der Waals surface area contributed by atoms with Crippen LogP contribution in [0.3, 0.4) is 0 Å². The van der Waals surface area contributed by atoms with E-state index in [1.54, 1.807) is 0 Å². The molecule has 0 spiro atoms. The second-order valence-corrected chi connectivity index (χ2v) is 9.44. The second kappa shape index (κ2) is 9.16. The standard InChI is InChI=1S/C25H32ClFN2/c1-29-13-9-19(10-14-29)15-20-5-4-6-21(16-20)18-28-25(11-2-3-12-25)23-8-7-22(27)17-24(23)26/h4-8,16-17,19,28H,2-3,9-15,18H2,1H3. The van der Waals surface area contributed by atoms with E-state index < -0.39 is 0 Å². The molecule has 1 aliphatic carbocycles. The number of rotatable bonds is 6. The summed E-state index contributed by atoms with van der Waals surface area (Å²) < 4.78 is 13.6. The van der Waals surface area contributed by atoms with Gasteiger partial charge in [0.05, 0.1) is 0 Å². The molecule has 4 heteroatoms. The van der Waals surface area contributed by atoms with Gasteiger partial charge in [-0.05, 0) is 87.0 Å². The zero-order valence-corrected chi connectivity index (χ0v) is 18.1. The van der Waals surface area contributed by atoms with Crippen LogP contribution in [0.2, 0.25) is 5.02 Å². The Morgan fingerprint density at radius 3 is 2.52 bits per heavy atom. The Hall–Kier alpha value is -1.42. The molecule has 4 rings (SSSR count). The Morgan fingerprint density at radius 1 is 1.07 bits per heavy atom. The maximum atomic E-state index is 13.6. The molecule has 2 aromatic carbocycles. The highest BCUT2D eigenvalue weighted by Crippen LogP contribution is 2.42. The van der Waals surface area contributed by atoms with Gasteiger partial charge in [0.25, 0.3) is 0 Å². The minimum absolute atomic E-state index is 0.144. The average Bonchev–Trinajstić information content (AvgIpc) is 3.18. The zero-order chi connectivity index (χ0) is 20.3. The minimum Gasteiger partial charge on any atom is -0.306 e. The van der Waals surface area contributed by atoms with Crippen molar-refractivity contribution in [2.24, 2.45) is 5.92 Å². The van der Waals surface area contributed by atoms with Crippen molar-refractivity contribution in [3.05, 3.63) is 70.0 Å². The molecule has 1 N–H and O–H groups in total. The molecule has 1 saturated heterocycles. The fourth-order valence-electron chi connectivity index (χ4n) is 5.13. The lowest BCUT2D eigenvalue weighted by Crippen LogP contribution is -2.39. The van der Waals surface area contributed by atoms with Crippen LogP contribution in [0.4, 0.5) is 4.39 Å². The second-order valence-electron chi connectivity index (χ2n) is 9.04. The zero-order valence-electron chi connectivity index (χ0n) is 17.4. The summed E-state index contributed by atoms with van der Waals surface area (Å²) in [6, 6.07) is 13.9. The Morgan fingerprint density at radius 2 is 1.79 bits per heavy atom. The summed E-state index contributed by atoms with van der Waals surface area (Å²) in [6.07, 6.45) is 8.22. The van der Waals surface area contributed by atoms with E-state index in [0.717, 1.165) is 30.9 Å². The number of hydrogen-bond acceptors (Lipinski definition) is 2. The van der Waals surface area contributed by atoms with Gasteiger partial charge in [0, 0.05) is 17.1 Å². The molecule has 2 nitrogen and oxygen atoms in total. The van der Waals surface area contributed by atoms with E-state index in [4.69, 9.17) is 11.6 Å². The molecule has 1 aliphatic heterocycles. The smallest absolute Gasteiger partial charge is 0.124 e. The summed E-state index contributed by atoms with van der Waals surface area (Å²) in [4.78, 5) is 2.43. The third kappa shape index (κ3) is 5.02. The van der Waals surface area contributed by atoms with Gasteiger partial charge in [0.15, 0.2) is 0 Å². The van der Waals surface area contributed by atoms with Crippen molar-refractivity contribution in [3.63, 3.8) is 0 Å². The van der Waals surface area contributed by atoms with Gasteiger partial charge < -0.3 is 10.2 Å². The van der Waals surface area contributed by atoms with Crippen molar-refractivity contribution in [3.8, 4) is 0 Å². The predicted octanol–water partition coefficient (Wildman–Crippen LogP) is 5.92. The molecule has 0 bridgehead atoms. The Bertz CT molecular complexity index is 823. The van der Waals surface area contributed by atoms with E-state index in [-0.39, 0.29) is 11.4 Å². The number of benzene rings is 2. The van der Waals surface area contributed by atoms with Crippen LogP contribution in [0.15, 0.2) is 42.5 Å². The van der Waals surface area contributed by atoms with Crippen LogP contribution in [-0.4, -0.2) is 25.0 Å². The SMILES string of the molecule is CN1CCC(Cc2cccc(CNC3(c4ccc(F)cc4Cl)CCCC3)c2)CC1. The van der Waals surface area contributed by atoms with Crippen LogP contribution in [0.5, 0.6) is 0 Å². The lowest BCUT2D eigenvalue weighted by molar-refractivity contribution is 0.219. The van der Waals surface area contributed by atoms with Crippen LogP contribution in [-0.2, 0) is 18.5 Å². The van der Waals surface area contributed by atoms with Crippen LogP contribution in [0.25, 0.3) is 0 Å². The van der Waals surface area contributed by atoms with E-state index in [2.05, 4.69) is 41.5 Å². The van der Waals surface area contributed by atoms with Crippen LogP contribution >= 0.6 is 11.6 Å².